The summed E-state index contributed by atoms with van der Waals surface area (Å²) in [6.07, 6.45) is 8.31. The summed E-state index contributed by atoms with van der Waals surface area (Å²) in [5, 5.41) is 10.7. The fraction of sp³-hybridized carbons (Fsp3) is 0.0909. The molecule has 0 atom stereocenters. The lowest BCUT2D eigenvalue weighted by Crippen LogP contribution is -2.11. The van der Waals surface area contributed by atoms with Crippen LogP contribution in [0.25, 0.3) is 0 Å². The Hall–Kier alpha value is -1.54. The van der Waals surface area contributed by atoms with Gasteiger partial charge in [0, 0.05) is 6.20 Å². The maximum atomic E-state index is 9.58. The van der Waals surface area contributed by atoms with Gasteiger partial charge in [0.1, 0.15) is 0 Å². The zero-order valence-corrected chi connectivity index (χ0v) is 7.22. The Bertz CT molecular complexity index is 355. The van der Waals surface area contributed by atoms with E-state index in [-0.39, 0.29) is 0 Å². The molecule has 2 rings (SSSR count). The summed E-state index contributed by atoms with van der Waals surface area (Å²) in [6.45, 7) is 0. The molecule has 1 aliphatic heterocycles. The first kappa shape index (κ1) is 8.08. The standard InChI is InChI=1S/C11H11NO/c13-12-9-5-1-2-6-10-7-3-4-8-11(10)12/h1-5,7-9,13H,6H2. The van der Waals surface area contributed by atoms with Crippen molar-refractivity contribution in [3.63, 3.8) is 0 Å². The fourth-order valence-corrected chi connectivity index (χ4v) is 1.39. The SMILES string of the molecule is ON1C=CC=CCc2ccccc21. The number of rotatable bonds is 0. The van der Waals surface area contributed by atoms with Crippen LogP contribution in [0.2, 0.25) is 0 Å². The third-order valence-corrected chi connectivity index (χ3v) is 2.05. The van der Waals surface area contributed by atoms with Crippen molar-refractivity contribution in [1.29, 1.82) is 0 Å². The zero-order valence-electron chi connectivity index (χ0n) is 7.22. The van der Waals surface area contributed by atoms with Crippen molar-refractivity contribution >= 4 is 5.69 Å². The van der Waals surface area contributed by atoms with E-state index in [2.05, 4.69) is 6.08 Å². The molecule has 0 amide bonds. The van der Waals surface area contributed by atoms with Crippen molar-refractivity contribution in [2.45, 2.75) is 6.42 Å². The first-order chi connectivity index (χ1) is 6.38. The molecule has 1 N–H and O–H groups in total. The molecule has 2 heteroatoms. The summed E-state index contributed by atoms with van der Waals surface area (Å²) in [5.41, 5.74) is 1.98. The molecule has 0 aromatic heterocycles. The van der Waals surface area contributed by atoms with E-state index >= 15 is 0 Å². The molecule has 0 unspecified atom stereocenters. The van der Waals surface area contributed by atoms with Gasteiger partial charge in [0.05, 0.1) is 5.69 Å². The number of benzene rings is 1. The second-order valence-corrected chi connectivity index (χ2v) is 2.95. The molecule has 0 radical (unpaired) electrons. The van der Waals surface area contributed by atoms with E-state index in [1.807, 2.05) is 36.4 Å². The van der Waals surface area contributed by atoms with Crippen molar-refractivity contribution in [2.24, 2.45) is 0 Å². The van der Waals surface area contributed by atoms with Gasteiger partial charge in [-0.25, -0.2) is 5.06 Å². The van der Waals surface area contributed by atoms with E-state index < -0.39 is 0 Å². The van der Waals surface area contributed by atoms with Gasteiger partial charge in [-0.3, -0.25) is 5.21 Å². The molecule has 1 aliphatic rings. The van der Waals surface area contributed by atoms with Gasteiger partial charge >= 0.3 is 0 Å². The van der Waals surface area contributed by atoms with Gasteiger partial charge in [-0.2, -0.15) is 0 Å². The minimum absolute atomic E-state index is 0.850. The Labute approximate surface area is 77.4 Å². The third-order valence-electron chi connectivity index (χ3n) is 2.05. The van der Waals surface area contributed by atoms with Gasteiger partial charge < -0.3 is 0 Å². The number of fused-ring (bicyclic) bond motifs is 1. The highest BCUT2D eigenvalue weighted by Gasteiger charge is 2.05. The van der Waals surface area contributed by atoms with Crippen LogP contribution >= 0.6 is 0 Å². The largest absolute Gasteiger partial charge is 0.284 e. The fourth-order valence-electron chi connectivity index (χ4n) is 1.39. The van der Waals surface area contributed by atoms with E-state index in [0.29, 0.717) is 0 Å². The molecule has 1 aromatic rings. The second-order valence-electron chi connectivity index (χ2n) is 2.95. The van der Waals surface area contributed by atoms with E-state index in [1.54, 1.807) is 6.20 Å². The Morgan fingerprint density at radius 2 is 2.00 bits per heavy atom. The number of allylic oxidation sites excluding steroid dienone is 3. The Morgan fingerprint density at radius 3 is 2.92 bits per heavy atom. The van der Waals surface area contributed by atoms with Gasteiger partial charge in [0.25, 0.3) is 0 Å². The zero-order chi connectivity index (χ0) is 9.10. The average Bonchev–Trinajstić information content (AvgIpc) is 2.14. The second kappa shape index (κ2) is 3.46. The number of hydrogen-bond donors (Lipinski definition) is 1. The molecule has 0 fully saturated rings. The Balaban J connectivity index is 2.47. The summed E-state index contributed by atoms with van der Waals surface area (Å²) in [7, 11) is 0. The highest BCUT2D eigenvalue weighted by molar-refractivity contribution is 5.54. The van der Waals surface area contributed by atoms with E-state index in [1.165, 1.54) is 0 Å². The topological polar surface area (TPSA) is 23.5 Å². The van der Waals surface area contributed by atoms with Crippen LogP contribution in [0.15, 0.2) is 48.7 Å². The van der Waals surface area contributed by atoms with Gasteiger partial charge in [-0.1, -0.05) is 30.4 Å². The molecule has 1 heterocycles. The summed E-state index contributed by atoms with van der Waals surface area (Å²) >= 11 is 0. The summed E-state index contributed by atoms with van der Waals surface area (Å²) in [6, 6.07) is 7.81. The molecular formula is C11H11NO. The monoisotopic (exact) mass is 173 g/mol. The predicted molar refractivity (Wildman–Crippen MR) is 52.7 cm³/mol. The van der Waals surface area contributed by atoms with Gasteiger partial charge in [0.2, 0.25) is 0 Å². The first-order valence-electron chi connectivity index (χ1n) is 4.27. The van der Waals surface area contributed by atoms with Crippen LogP contribution in [0, 0.1) is 0 Å². The average molecular weight is 173 g/mol. The summed E-state index contributed by atoms with van der Waals surface area (Å²) in [5.74, 6) is 0. The quantitative estimate of drug-likeness (QED) is 0.651. The minimum atomic E-state index is 0.850. The van der Waals surface area contributed by atoms with Gasteiger partial charge in [0.15, 0.2) is 0 Å². The minimum Gasteiger partial charge on any atom is -0.284 e. The number of anilines is 1. The summed E-state index contributed by atoms with van der Waals surface area (Å²) in [4.78, 5) is 0. The lowest BCUT2D eigenvalue weighted by atomic mass is 10.1. The lowest BCUT2D eigenvalue weighted by molar-refractivity contribution is 0.295. The lowest BCUT2D eigenvalue weighted by Gasteiger charge is -2.16. The van der Waals surface area contributed by atoms with Crippen LogP contribution < -0.4 is 5.06 Å². The highest BCUT2D eigenvalue weighted by Crippen LogP contribution is 2.21. The first-order valence-corrected chi connectivity index (χ1v) is 4.27. The molecular weight excluding hydrogens is 162 g/mol. The van der Waals surface area contributed by atoms with E-state index in [4.69, 9.17) is 0 Å². The molecule has 66 valence electrons. The van der Waals surface area contributed by atoms with Crippen molar-refractivity contribution in [3.8, 4) is 0 Å². The number of hydroxylamine groups is 1. The molecule has 1 aromatic carbocycles. The van der Waals surface area contributed by atoms with Gasteiger partial charge in [-0.15, -0.1) is 0 Å². The van der Waals surface area contributed by atoms with Crippen molar-refractivity contribution in [2.75, 3.05) is 5.06 Å². The molecule has 0 saturated carbocycles. The number of para-hydroxylation sites is 1. The maximum absolute atomic E-state index is 9.58. The maximum Gasteiger partial charge on any atom is 0.0721 e. The molecule has 0 spiro atoms. The summed E-state index contributed by atoms with van der Waals surface area (Å²) < 4.78 is 0. The van der Waals surface area contributed by atoms with Crippen LogP contribution in [0.3, 0.4) is 0 Å². The number of hydrogen-bond acceptors (Lipinski definition) is 2. The highest BCUT2D eigenvalue weighted by atomic mass is 16.5. The Kier molecular flexibility index (Phi) is 2.15. The third kappa shape index (κ3) is 1.63. The molecule has 0 aliphatic carbocycles. The van der Waals surface area contributed by atoms with Crippen LogP contribution in [-0.4, -0.2) is 5.21 Å². The van der Waals surface area contributed by atoms with Crippen LogP contribution in [0.1, 0.15) is 5.56 Å². The van der Waals surface area contributed by atoms with Crippen molar-refractivity contribution in [1.82, 2.24) is 0 Å². The molecule has 0 saturated heterocycles. The number of nitrogens with zero attached hydrogens (tertiary/aromatic N) is 1. The van der Waals surface area contributed by atoms with Crippen LogP contribution in [0.5, 0.6) is 0 Å². The van der Waals surface area contributed by atoms with Crippen molar-refractivity contribution in [3.05, 3.63) is 54.3 Å². The van der Waals surface area contributed by atoms with Gasteiger partial charge in [-0.05, 0) is 24.1 Å². The van der Waals surface area contributed by atoms with E-state index in [0.717, 1.165) is 22.7 Å². The normalized spacial score (nSPS) is 15.0. The van der Waals surface area contributed by atoms with Crippen LogP contribution in [0.4, 0.5) is 5.69 Å². The predicted octanol–water partition coefficient (Wildman–Crippen LogP) is 2.51. The van der Waals surface area contributed by atoms with E-state index in [9.17, 15) is 5.21 Å². The Morgan fingerprint density at radius 1 is 1.15 bits per heavy atom. The van der Waals surface area contributed by atoms with Crippen LogP contribution in [-0.2, 0) is 6.42 Å². The molecule has 13 heavy (non-hydrogen) atoms. The smallest absolute Gasteiger partial charge is 0.0721 e. The molecule has 2 nitrogen and oxygen atoms in total. The van der Waals surface area contributed by atoms with Crippen molar-refractivity contribution < 1.29 is 5.21 Å². The molecule has 0 bridgehead atoms.